The summed E-state index contributed by atoms with van der Waals surface area (Å²) in [7, 11) is 0. The number of carbonyl (C=O) groups is 2. The molecule has 4 rings (SSSR count). The molecule has 0 saturated carbocycles. The van der Waals surface area contributed by atoms with Crippen LogP contribution in [0.4, 0.5) is 11.4 Å². The predicted octanol–water partition coefficient (Wildman–Crippen LogP) is 3.96. The Balaban J connectivity index is 1.59. The van der Waals surface area contributed by atoms with Crippen LogP contribution < -0.4 is 15.0 Å². The van der Waals surface area contributed by atoms with Gasteiger partial charge >= 0.3 is 0 Å². The summed E-state index contributed by atoms with van der Waals surface area (Å²) in [5, 5.41) is 14.6. The molecule has 6 nitrogen and oxygen atoms in total. The van der Waals surface area contributed by atoms with E-state index in [1.54, 1.807) is 72.8 Å². The third-order valence-electron chi connectivity index (χ3n) is 5.13. The molecule has 31 heavy (non-hydrogen) atoms. The smallest absolute Gasteiger partial charge is 0.268 e. The third-order valence-corrected chi connectivity index (χ3v) is 5.37. The van der Waals surface area contributed by atoms with Crippen molar-refractivity contribution in [2.75, 3.05) is 23.4 Å². The fourth-order valence-corrected chi connectivity index (χ4v) is 3.92. The number of fused-ring (bicyclic) bond motifs is 1. The number of hydrogen-bond acceptors (Lipinski definition) is 4. The number of carbonyl (C=O) groups excluding carboxylic acids is 2. The molecule has 2 N–H and O–H groups in total. The van der Waals surface area contributed by atoms with Gasteiger partial charge in [-0.3, -0.25) is 14.5 Å². The van der Waals surface area contributed by atoms with Gasteiger partial charge in [0.25, 0.3) is 5.91 Å². The van der Waals surface area contributed by atoms with Crippen LogP contribution in [-0.2, 0) is 15.2 Å². The van der Waals surface area contributed by atoms with Gasteiger partial charge < -0.3 is 15.2 Å². The molecule has 0 bridgehead atoms. The molecule has 3 aromatic carbocycles. The molecule has 0 aliphatic carbocycles. The molecule has 0 aromatic heterocycles. The van der Waals surface area contributed by atoms with E-state index in [1.165, 1.54) is 4.90 Å². The minimum Gasteiger partial charge on any atom is -0.494 e. The molecule has 2 amide bonds. The molecule has 0 fully saturated rings. The maximum absolute atomic E-state index is 13.3. The lowest BCUT2D eigenvalue weighted by Crippen LogP contribution is -2.44. The van der Waals surface area contributed by atoms with Gasteiger partial charge in [0, 0.05) is 16.3 Å². The van der Waals surface area contributed by atoms with Crippen LogP contribution in [0, 0.1) is 0 Å². The lowest BCUT2D eigenvalue weighted by molar-refractivity contribution is -0.133. The Hall–Kier alpha value is -3.35. The zero-order valence-electron chi connectivity index (χ0n) is 16.8. The first-order valence-electron chi connectivity index (χ1n) is 9.86. The van der Waals surface area contributed by atoms with E-state index in [4.69, 9.17) is 16.3 Å². The van der Waals surface area contributed by atoms with Gasteiger partial charge in [-0.1, -0.05) is 41.9 Å². The summed E-state index contributed by atoms with van der Waals surface area (Å²) in [6.45, 7) is 2.20. The molecule has 1 heterocycles. The lowest BCUT2D eigenvalue weighted by Gasteiger charge is -2.23. The second-order valence-corrected chi connectivity index (χ2v) is 7.57. The zero-order valence-corrected chi connectivity index (χ0v) is 17.6. The number of aliphatic hydroxyl groups is 1. The van der Waals surface area contributed by atoms with Crippen LogP contribution in [0.5, 0.6) is 5.75 Å². The maximum atomic E-state index is 13.3. The minimum atomic E-state index is -1.92. The molecule has 0 radical (unpaired) electrons. The van der Waals surface area contributed by atoms with E-state index in [0.29, 0.717) is 39.9 Å². The fourth-order valence-electron chi connectivity index (χ4n) is 3.73. The normalized spacial score (nSPS) is 17.4. The monoisotopic (exact) mass is 436 g/mol. The summed E-state index contributed by atoms with van der Waals surface area (Å²) in [4.78, 5) is 27.3. The lowest BCUT2D eigenvalue weighted by atomic mass is 9.87. The fraction of sp³-hybridized carbons (Fsp3) is 0.167. The number of rotatable bonds is 6. The Bertz CT molecular complexity index is 1130. The van der Waals surface area contributed by atoms with E-state index < -0.39 is 11.5 Å². The van der Waals surface area contributed by atoms with Crippen molar-refractivity contribution in [3.8, 4) is 5.75 Å². The van der Waals surface area contributed by atoms with Crippen LogP contribution in [0.1, 0.15) is 18.1 Å². The molecule has 1 atom stereocenters. The molecule has 3 aromatic rings. The Labute approximate surface area is 185 Å². The summed E-state index contributed by atoms with van der Waals surface area (Å²) in [5.41, 5.74) is -0.0840. The van der Waals surface area contributed by atoms with Gasteiger partial charge in [-0.25, -0.2) is 0 Å². The van der Waals surface area contributed by atoms with Crippen LogP contribution in [0.2, 0.25) is 5.02 Å². The Morgan fingerprint density at radius 3 is 2.55 bits per heavy atom. The highest BCUT2D eigenvalue weighted by Gasteiger charge is 2.51. The van der Waals surface area contributed by atoms with Crippen molar-refractivity contribution in [2.45, 2.75) is 12.5 Å². The molecule has 7 heteroatoms. The van der Waals surface area contributed by atoms with Crippen molar-refractivity contribution in [2.24, 2.45) is 0 Å². The molecular formula is C24H21ClN2O4. The van der Waals surface area contributed by atoms with Gasteiger partial charge in [0.1, 0.15) is 12.3 Å². The first-order valence-corrected chi connectivity index (χ1v) is 10.2. The summed E-state index contributed by atoms with van der Waals surface area (Å²) in [5.74, 6) is -0.281. The van der Waals surface area contributed by atoms with Gasteiger partial charge in [-0.2, -0.15) is 0 Å². The van der Waals surface area contributed by atoms with Crippen LogP contribution in [0.25, 0.3) is 0 Å². The number of hydrogen-bond donors (Lipinski definition) is 2. The predicted molar refractivity (Wildman–Crippen MR) is 119 cm³/mol. The Morgan fingerprint density at radius 1 is 1.10 bits per heavy atom. The molecular weight excluding hydrogens is 416 g/mol. The first kappa shape index (κ1) is 20.9. The summed E-state index contributed by atoms with van der Waals surface area (Å²) >= 11 is 6.09. The SMILES string of the molecule is CCOc1ccc(NC(=O)CN2C(=O)[C@](O)(c3cccc(Cl)c3)c3ccccc32)cc1. The Kier molecular flexibility index (Phi) is 5.67. The van der Waals surface area contributed by atoms with Crippen molar-refractivity contribution in [3.63, 3.8) is 0 Å². The van der Waals surface area contributed by atoms with Crippen LogP contribution in [-0.4, -0.2) is 30.1 Å². The van der Waals surface area contributed by atoms with Crippen LogP contribution in [0.15, 0.2) is 72.8 Å². The van der Waals surface area contributed by atoms with E-state index >= 15 is 0 Å². The van der Waals surface area contributed by atoms with Crippen molar-refractivity contribution >= 4 is 34.8 Å². The molecule has 0 spiro atoms. The average molecular weight is 437 g/mol. The van der Waals surface area contributed by atoms with E-state index in [1.807, 2.05) is 6.92 Å². The van der Waals surface area contributed by atoms with Crippen LogP contribution >= 0.6 is 11.6 Å². The van der Waals surface area contributed by atoms with E-state index in [2.05, 4.69) is 5.32 Å². The van der Waals surface area contributed by atoms with Crippen molar-refractivity contribution < 1.29 is 19.4 Å². The highest BCUT2D eigenvalue weighted by Crippen LogP contribution is 2.44. The number of nitrogens with zero attached hydrogens (tertiary/aromatic N) is 1. The average Bonchev–Trinajstić information content (AvgIpc) is 2.98. The first-order chi connectivity index (χ1) is 14.9. The van der Waals surface area contributed by atoms with Crippen molar-refractivity contribution in [1.29, 1.82) is 0 Å². The highest BCUT2D eigenvalue weighted by atomic mass is 35.5. The van der Waals surface area contributed by atoms with Crippen molar-refractivity contribution in [3.05, 3.63) is 88.9 Å². The second kappa shape index (κ2) is 8.41. The second-order valence-electron chi connectivity index (χ2n) is 7.13. The third kappa shape index (κ3) is 3.87. The molecule has 1 aliphatic rings. The largest absolute Gasteiger partial charge is 0.494 e. The zero-order chi connectivity index (χ0) is 22.0. The van der Waals surface area contributed by atoms with Gasteiger partial charge in [0.15, 0.2) is 5.60 Å². The summed E-state index contributed by atoms with van der Waals surface area (Å²) in [6.07, 6.45) is 0. The van der Waals surface area contributed by atoms with Crippen molar-refractivity contribution in [1.82, 2.24) is 0 Å². The maximum Gasteiger partial charge on any atom is 0.268 e. The number of para-hydroxylation sites is 1. The minimum absolute atomic E-state index is 0.244. The topological polar surface area (TPSA) is 78.9 Å². The van der Waals surface area contributed by atoms with E-state index in [9.17, 15) is 14.7 Å². The molecule has 0 unspecified atom stereocenters. The molecule has 1 aliphatic heterocycles. The van der Waals surface area contributed by atoms with Gasteiger partial charge in [0.05, 0.1) is 12.3 Å². The number of anilines is 2. The Morgan fingerprint density at radius 2 is 1.84 bits per heavy atom. The summed E-state index contributed by atoms with van der Waals surface area (Å²) < 4.78 is 5.40. The van der Waals surface area contributed by atoms with Gasteiger partial charge in [0.2, 0.25) is 5.91 Å². The van der Waals surface area contributed by atoms with Gasteiger partial charge in [-0.15, -0.1) is 0 Å². The van der Waals surface area contributed by atoms with Crippen LogP contribution in [0.3, 0.4) is 0 Å². The molecule has 158 valence electrons. The number of nitrogens with one attached hydrogen (secondary N) is 1. The standard InChI is InChI=1S/C24H21ClN2O4/c1-2-31-19-12-10-18(11-13-19)26-22(28)15-27-21-9-4-3-8-20(21)24(30,23(27)29)16-6-5-7-17(25)14-16/h3-14,30H,2,15H2,1H3,(H,26,28)/t24-/m0/s1. The summed E-state index contributed by atoms with van der Waals surface area (Å²) in [6, 6.07) is 20.4. The van der Waals surface area contributed by atoms with E-state index in [0.717, 1.165) is 0 Å². The highest BCUT2D eigenvalue weighted by molar-refractivity contribution is 6.30. The molecule has 0 saturated heterocycles. The number of amides is 2. The number of benzene rings is 3. The number of ether oxygens (including phenoxy) is 1. The van der Waals surface area contributed by atoms with E-state index in [-0.39, 0.29) is 12.5 Å². The quantitative estimate of drug-likeness (QED) is 0.613. The van der Waals surface area contributed by atoms with Gasteiger partial charge in [-0.05, 0) is 55.0 Å². The number of halogens is 1.